The van der Waals surface area contributed by atoms with Crippen LogP contribution >= 0.6 is 11.8 Å². The largest absolute Gasteiger partial charge is 0.416 e. The fourth-order valence-corrected chi connectivity index (χ4v) is 4.21. The van der Waals surface area contributed by atoms with Crippen molar-refractivity contribution in [2.24, 2.45) is 0 Å². The molecule has 3 rings (SSSR count). The number of nitrogens with zero attached hydrogens (tertiary/aromatic N) is 1. The molecule has 0 aliphatic carbocycles. The summed E-state index contributed by atoms with van der Waals surface area (Å²) >= 11 is 1.22. The highest BCUT2D eigenvalue weighted by Gasteiger charge is 2.41. The maximum atomic E-state index is 13.3. The van der Waals surface area contributed by atoms with Gasteiger partial charge in [0, 0.05) is 5.69 Å². The van der Waals surface area contributed by atoms with E-state index >= 15 is 0 Å². The second-order valence-electron chi connectivity index (χ2n) is 5.86. The number of hydrogen-bond acceptors (Lipinski definition) is 2. The number of aryl methyl sites for hydroxylation is 2. The van der Waals surface area contributed by atoms with Crippen LogP contribution in [-0.2, 0) is 11.0 Å². The summed E-state index contributed by atoms with van der Waals surface area (Å²) in [5.41, 5.74) is 2.02. The molecule has 0 aromatic heterocycles. The lowest BCUT2D eigenvalue weighted by Crippen LogP contribution is -2.29. The molecule has 0 spiro atoms. The van der Waals surface area contributed by atoms with Crippen molar-refractivity contribution in [3.05, 3.63) is 64.7 Å². The summed E-state index contributed by atoms with van der Waals surface area (Å²) in [6.45, 7) is 3.81. The van der Waals surface area contributed by atoms with Crippen molar-refractivity contribution in [2.75, 3.05) is 10.7 Å². The minimum atomic E-state index is -4.45. The number of benzene rings is 2. The van der Waals surface area contributed by atoms with Gasteiger partial charge in [0.05, 0.1) is 11.3 Å². The molecule has 0 bridgehead atoms. The predicted octanol–water partition coefficient (Wildman–Crippen LogP) is 5.10. The zero-order chi connectivity index (χ0) is 17.5. The average Bonchev–Trinajstić information content (AvgIpc) is 2.87. The van der Waals surface area contributed by atoms with Gasteiger partial charge in [0.25, 0.3) is 0 Å². The van der Waals surface area contributed by atoms with Crippen LogP contribution in [0.25, 0.3) is 0 Å². The topological polar surface area (TPSA) is 20.3 Å². The summed E-state index contributed by atoms with van der Waals surface area (Å²) in [7, 11) is 0. The maximum Gasteiger partial charge on any atom is 0.416 e. The number of anilines is 1. The Morgan fingerprint density at radius 2 is 1.71 bits per heavy atom. The zero-order valence-electron chi connectivity index (χ0n) is 13.2. The molecule has 24 heavy (non-hydrogen) atoms. The van der Waals surface area contributed by atoms with E-state index in [1.54, 1.807) is 6.07 Å². The van der Waals surface area contributed by atoms with Gasteiger partial charge in [0.15, 0.2) is 0 Å². The zero-order valence-corrected chi connectivity index (χ0v) is 14.0. The molecule has 1 fully saturated rings. The van der Waals surface area contributed by atoms with E-state index in [-0.39, 0.29) is 17.2 Å². The number of rotatable bonds is 2. The van der Waals surface area contributed by atoms with Crippen molar-refractivity contribution in [1.82, 2.24) is 0 Å². The Kier molecular flexibility index (Phi) is 4.34. The molecular formula is C18H16F3NOS. The minimum Gasteiger partial charge on any atom is -0.295 e. The van der Waals surface area contributed by atoms with Crippen molar-refractivity contribution in [2.45, 2.75) is 25.4 Å². The van der Waals surface area contributed by atoms with Crippen LogP contribution in [-0.4, -0.2) is 11.7 Å². The Labute approximate surface area is 142 Å². The molecule has 1 heterocycles. The van der Waals surface area contributed by atoms with Gasteiger partial charge in [-0.3, -0.25) is 9.69 Å². The van der Waals surface area contributed by atoms with E-state index in [9.17, 15) is 18.0 Å². The van der Waals surface area contributed by atoms with Crippen molar-refractivity contribution in [1.29, 1.82) is 0 Å². The standard InChI is InChI=1S/C18H16F3NOS/c1-11-7-12(2)9-13(8-11)22-16(23)10-24-17(22)14-5-3-4-6-15(14)18(19,20)21/h3-9,17H,10H2,1-2H3. The van der Waals surface area contributed by atoms with Crippen LogP contribution in [0.5, 0.6) is 0 Å². The Balaban J connectivity index is 2.10. The molecule has 2 aromatic rings. The fourth-order valence-electron chi connectivity index (χ4n) is 2.99. The fraction of sp³-hybridized carbons (Fsp3) is 0.278. The first-order valence-corrected chi connectivity index (χ1v) is 8.50. The smallest absolute Gasteiger partial charge is 0.295 e. The summed E-state index contributed by atoms with van der Waals surface area (Å²) in [6.07, 6.45) is -4.45. The van der Waals surface area contributed by atoms with E-state index in [0.29, 0.717) is 5.69 Å². The summed E-state index contributed by atoms with van der Waals surface area (Å²) in [5, 5.41) is -0.670. The molecule has 0 radical (unpaired) electrons. The van der Waals surface area contributed by atoms with Gasteiger partial charge in [-0.25, -0.2) is 0 Å². The lowest BCUT2D eigenvalue weighted by molar-refractivity contribution is -0.138. The van der Waals surface area contributed by atoms with Crippen LogP contribution in [0.15, 0.2) is 42.5 Å². The molecular weight excluding hydrogens is 335 g/mol. The summed E-state index contributed by atoms with van der Waals surface area (Å²) in [4.78, 5) is 13.8. The molecule has 2 nitrogen and oxygen atoms in total. The number of halogens is 3. The summed E-state index contributed by atoms with van der Waals surface area (Å²) in [6, 6.07) is 11.1. The van der Waals surface area contributed by atoms with E-state index in [2.05, 4.69) is 0 Å². The first kappa shape index (κ1) is 16.9. The van der Waals surface area contributed by atoms with Gasteiger partial charge < -0.3 is 0 Å². The Bertz CT molecular complexity index is 768. The third-order valence-electron chi connectivity index (χ3n) is 3.88. The second kappa shape index (κ2) is 6.16. The SMILES string of the molecule is Cc1cc(C)cc(N2C(=O)CSC2c2ccccc2C(F)(F)F)c1. The monoisotopic (exact) mass is 351 g/mol. The van der Waals surface area contributed by atoms with Crippen molar-refractivity contribution in [3.8, 4) is 0 Å². The molecule has 1 unspecified atom stereocenters. The number of carbonyl (C=O) groups is 1. The predicted molar refractivity (Wildman–Crippen MR) is 90.0 cm³/mol. The molecule has 1 aliphatic rings. The highest BCUT2D eigenvalue weighted by Crippen LogP contribution is 2.46. The quantitative estimate of drug-likeness (QED) is 0.750. The van der Waals surface area contributed by atoms with Crippen molar-refractivity contribution in [3.63, 3.8) is 0 Å². The lowest BCUT2D eigenvalue weighted by Gasteiger charge is -2.27. The van der Waals surface area contributed by atoms with Crippen LogP contribution in [0.1, 0.15) is 27.6 Å². The van der Waals surface area contributed by atoms with Gasteiger partial charge in [-0.2, -0.15) is 13.2 Å². The molecule has 1 atom stereocenters. The van der Waals surface area contributed by atoms with Crippen LogP contribution < -0.4 is 4.90 Å². The van der Waals surface area contributed by atoms with Gasteiger partial charge in [0.2, 0.25) is 5.91 Å². The molecule has 126 valence electrons. The third kappa shape index (κ3) is 3.15. The Morgan fingerprint density at radius 1 is 1.08 bits per heavy atom. The number of hydrogen-bond donors (Lipinski definition) is 0. The van der Waals surface area contributed by atoms with Gasteiger partial charge in [0.1, 0.15) is 5.37 Å². The lowest BCUT2D eigenvalue weighted by atomic mass is 10.0. The molecule has 1 saturated heterocycles. The van der Waals surface area contributed by atoms with E-state index in [0.717, 1.165) is 17.2 Å². The highest BCUT2D eigenvalue weighted by atomic mass is 32.2. The van der Waals surface area contributed by atoms with Gasteiger partial charge in [-0.15, -0.1) is 11.8 Å². The first-order valence-electron chi connectivity index (χ1n) is 7.45. The molecule has 0 N–H and O–H groups in total. The van der Waals surface area contributed by atoms with Crippen LogP contribution in [0.3, 0.4) is 0 Å². The summed E-state index contributed by atoms with van der Waals surface area (Å²) < 4.78 is 40.0. The molecule has 2 aromatic carbocycles. The van der Waals surface area contributed by atoms with E-state index in [4.69, 9.17) is 0 Å². The Hall–Kier alpha value is -1.95. The van der Waals surface area contributed by atoms with E-state index < -0.39 is 17.1 Å². The maximum absolute atomic E-state index is 13.3. The van der Waals surface area contributed by atoms with Crippen molar-refractivity contribution >= 4 is 23.4 Å². The normalized spacial score (nSPS) is 18.3. The van der Waals surface area contributed by atoms with Crippen LogP contribution in [0, 0.1) is 13.8 Å². The van der Waals surface area contributed by atoms with Crippen LogP contribution in [0.4, 0.5) is 18.9 Å². The van der Waals surface area contributed by atoms with Crippen molar-refractivity contribution < 1.29 is 18.0 Å². The molecule has 0 saturated carbocycles. The number of alkyl halides is 3. The highest BCUT2D eigenvalue weighted by molar-refractivity contribution is 8.00. The van der Waals surface area contributed by atoms with E-state index in [1.807, 2.05) is 32.0 Å². The third-order valence-corrected chi connectivity index (χ3v) is 5.08. The minimum absolute atomic E-state index is 0.125. The number of amides is 1. The van der Waals surface area contributed by atoms with Gasteiger partial charge in [-0.05, 0) is 48.7 Å². The second-order valence-corrected chi connectivity index (χ2v) is 6.93. The van der Waals surface area contributed by atoms with Gasteiger partial charge in [-0.1, -0.05) is 24.3 Å². The van der Waals surface area contributed by atoms with Gasteiger partial charge >= 0.3 is 6.18 Å². The van der Waals surface area contributed by atoms with E-state index in [1.165, 1.54) is 28.8 Å². The molecule has 1 amide bonds. The Morgan fingerprint density at radius 3 is 2.33 bits per heavy atom. The molecule has 6 heteroatoms. The summed E-state index contributed by atoms with van der Waals surface area (Å²) in [5.74, 6) is -0.00361. The first-order chi connectivity index (χ1) is 11.3. The molecule has 1 aliphatic heterocycles. The number of carbonyl (C=O) groups excluding carboxylic acids is 1. The van der Waals surface area contributed by atoms with Crippen LogP contribution in [0.2, 0.25) is 0 Å². The average molecular weight is 351 g/mol. The number of thioether (sulfide) groups is 1.